The first-order chi connectivity index (χ1) is 7.13. The lowest BCUT2D eigenvalue weighted by Crippen LogP contribution is -2.21. The lowest BCUT2D eigenvalue weighted by atomic mass is 10.3. The van der Waals surface area contributed by atoms with Crippen LogP contribution < -0.4 is 10.2 Å². The number of aromatic nitrogens is 1. The van der Waals surface area contributed by atoms with E-state index in [4.69, 9.17) is 4.74 Å². The molecular formula is C11H19N3O. The van der Waals surface area contributed by atoms with Crippen LogP contribution >= 0.6 is 0 Å². The quantitative estimate of drug-likeness (QED) is 0.799. The van der Waals surface area contributed by atoms with Crippen molar-refractivity contribution in [3.05, 3.63) is 18.3 Å². The molecule has 0 fully saturated rings. The second-order valence-corrected chi connectivity index (χ2v) is 3.79. The van der Waals surface area contributed by atoms with Gasteiger partial charge in [0.15, 0.2) is 0 Å². The van der Waals surface area contributed by atoms with Crippen molar-refractivity contribution in [1.82, 2.24) is 4.98 Å². The van der Waals surface area contributed by atoms with Gasteiger partial charge in [0.2, 0.25) is 0 Å². The monoisotopic (exact) mass is 209 g/mol. The first-order valence-corrected chi connectivity index (χ1v) is 5.02. The number of hydrogen-bond donors (Lipinski definition) is 1. The van der Waals surface area contributed by atoms with Gasteiger partial charge in [-0.2, -0.15) is 0 Å². The van der Waals surface area contributed by atoms with Crippen molar-refractivity contribution in [3.63, 3.8) is 0 Å². The average Bonchev–Trinajstić information content (AvgIpc) is 2.18. The van der Waals surface area contributed by atoms with Crippen LogP contribution in [0.1, 0.15) is 6.92 Å². The van der Waals surface area contributed by atoms with Gasteiger partial charge >= 0.3 is 0 Å². The molecule has 0 radical (unpaired) electrons. The molecule has 4 nitrogen and oxygen atoms in total. The topological polar surface area (TPSA) is 37.4 Å². The number of pyridine rings is 1. The van der Waals surface area contributed by atoms with E-state index in [0.717, 1.165) is 11.5 Å². The Kier molecular flexibility index (Phi) is 4.37. The van der Waals surface area contributed by atoms with E-state index < -0.39 is 0 Å². The number of nitrogens with one attached hydrogen (secondary N) is 1. The van der Waals surface area contributed by atoms with Crippen molar-refractivity contribution >= 4 is 11.5 Å². The number of anilines is 2. The molecule has 1 rings (SSSR count). The molecule has 0 aliphatic heterocycles. The fourth-order valence-electron chi connectivity index (χ4n) is 1.32. The van der Waals surface area contributed by atoms with Crippen molar-refractivity contribution in [3.8, 4) is 0 Å². The predicted octanol–water partition coefficient (Wildman–Crippen LogP) is 1.59. The normalized spacial score (nSPS) is 12.3. The summed E-state index contributed by atoms with van der Waals surface area (Å²) in [6, 6.07) is 4.26. The maximum absolute atomic E-state index is 5.05. The molecule has 84 valence electrons. The molecule has 0 saturated heterocycles. The summed E-state index contributed by atoms with van der Waals surface area (Å²) >= 11 is 0. The molecule has 1 unspecified atom stereocenters. The predicted molar refractivity (Wildman–Crippen MR) is 63.5 cm³/mol. The molecule has 1 aromatic rings. The summed E-state index contributed by atoms with van der Waals surface area (Å²) in [5.74, 6) is 0.880. The third-order valence-corrected chi connectivity index (χ3v) is 2.07. The number of hydrogen-bond acceptors (Lipinski definition) is 4. The molecule has 1 N–H and O–H groups in total. The molecule has 4 heteroatoms. The van der Waals surface area contributed by atoms with Crippen LogP contribution in [0.15, 0.2) is 18.3 Å². The highest BCUT2D eigenvalue weighted by Gasteiger charge is 2.03. The first kappa shape index (κ1) is 11.8. The SMILES string of the molecule is COCC(C)Nc1cc(N(C)C)ccn1. The van der Waals surface area contributed by atoms with Gasteiger partial charge in [0, 0.05) is 45.2 Å². The van der Waals surface area contributed by atoms with Crippen LogP contribution in [0.2, 0.25) is 0 Å². The van der Waals surface area contributed by atoms with E-state index in [-0.39, 0.29) is 6.04 Å². The molecular weight excluding hydrogens is 190 g/mol. The summed E-state index contributed by atoms with van der Waals surface area (Å²) in [5.41, 5.74) is 1.14. The molecule has 1 aromatic heterocycles. The van der Waals surface area contributed by atoms with Crippen LogP contribution in [0.3, 0.4) is 0 Å². The van der Waals surface area contributed by atoms with Gasteiger partial charge in [-0.25, -0.2) is 4.98 Å². The summed E-state index contributed by atoms with van der Waals surface area (Å²) in [5, 5.41) is 3.28. The van der Waals surface area contributed by atoms with Gasteiger partial charge in [-0.05, 0) is 13.0 Å². The summed E-state index contributed by atoms with van der Waals surface area (Å²) in [4.78, 5) is 6.30. The van der Waals surface area contributed by atoms with E-state index in [9.17, 15) is 0 Å². The molecule has 0 amide bonds. The summed E-state index contributed by atoms with van der Waals surface area (Å²) < 4.78 is 5.05. The Morgan fingerprint density at radius 3 is 2.87 bits per heavy atom. The van der Waals surface area contributed by atoms with E-state index >= 15 is 0 Å². The van der Waals surface area contributed by atoms with Gasteiger partial charge in [-0.3, -0.25) is 0 Å². The minimum absolute atomic E-state index is 0.264. The molecule has 0 saturated carbocycles. The minimum Gasteiger partial charge on any atom is -0.383 e. The summed E-state index contributed by atoms with van der Waals surface area (Å²) in [6.45, 7) is 2.74. The maximum atomic E-state index is 5.05. The first-order valence-electron chi connectivity index (χ1n) is 5.02. The van der Waals surface area contributed by atoms with Crippen LogP contribution in [0.4, 0.5) is 11.5 Å². The van der Waals surface area contributed by atoms with Gasteiger partial charge < -0.3 is 15.0 Å². The van der Waals surface area contributed by atoms with E-state index in [1.165, 1.54) is 0 Å². The Bertz CT molecular complexity index is 302. The number of methoxy groups -OCH3 is 1. The van der Waals surface area contributed by atoms with Crippen LogP contribution in [-0.4, -0.2) is 38.8 Å². The van der Waals surface area contributed by atoms with Gasteiger partial charge in [-0.1, -0.05) is 0 Å². The number of ether oxygens (including phenoxy) is 1. The second kappa shape index (κ2) is 5.56. The van der Waals surface area contributed by atoms with Crippen molar-refractivity contribution in [2.24, 2.45) is 0 Å². The van der Waals surface area contributed by atoms with Crippen LogP contribution in [0, 0.1) is 0 Å². The molecule has 0 aromatic carbocycles. The molecule has 0 bridgehead atoms. The third kappa shape index (κ3) is 3.75. The lowest BCUT2D eigenvalue weighted by Gasteiger charge is -2.16. The third-order valence-electron chi connectivity index (χ3n) is 2.07. The Morgan fingerprint density at radius 1 is 1.53 bits per heavy atom. The highest BCUT2D eigenvalue weighted by Crippen LogP contribution is 2.14. The van der Waals surface area contributed by atoms with Crippen LogP contribution in [0.5, 0.6) is 0 Å². The Balaban J connectivity index is 2.65. The molecule has 0 spiro atoms. The number of nitrogens with zero attached hydrogens (tertiary/aromatic N) is 2. The van der Waals surface area contributed by atoms with Crippen molar-refractivity contribution < 1.29 is 4.74 Å². The zero-order valence-electron chi connectivity index (χ0n) is 9.82. The fraction of sp³-hybridized carbons (Fsp3) is 0.545. The standard InChI is InChI=1S/C11H19N3O/c1-9(8-15-4)13-11-7-10(14(2)3)5-6-12-11/h5-7,9H,8H2,1-4H3,(H,12,13). The maximum Gasteiger partial charge on any atom is 0.128 e. The van der Waals surface area contributed by atoms with Gasteiger partial charge in [0.05, 0.1) is 6.61 Å². The highest BCUT2D eigenvalue weighted by atomic mass is 16.5. The Hall–Kier alpha value is -1.29. The van der Waals surface area contributed by atoms with Gasteiger partial charge in [-0.15, -0.1) is 0 Å². The Morgan fingerprint density at radius 2 is 2.27 bits per heavy atom. The van der Waals surface area contributed by atoms with Gasteiger partial charge in [0.25, 0.3) is 0 Å². The van der Waals surface area contributed by atoms with E-state index in [1.54, 1.807) is 13.3 Å². The number of rotatable bonds is 5. The zero-order chi connectivity index (χ0) is 11.3. The van der Waals surface area contributed by atoms with Gasteiger partial charge in [0.1, 0.15) is 5.82 Å². The smallest absolute Gasteiger partial charge is 0.128 e. The molecule has 0 aliphatic carbocycles. The molecule has 0 aliphatic rings. The zero-order valence-corrected chi connectivity index (χ0v) is 9.82. The summed E-state index contributed by atoms with van der Waals surface area (Å²) in [7, 11) is 5.72. The largest absolute Gasteiger partial charge is 0.383 e. The van der Waals surface area contributed by atoms with Crippen molar-refractivity contribution in [2.45, 2.75) is 13.0 Å². The van der Waals surface area contributed by atoms with E-state index in [0.29, 0.717) is 6.61 Å². The second-order valence-electron chi connectivity index (χ2n) is 3.79. The molecule has 1 atom stereocenters. The minimum atomic E-state index is 0.264. The molecule has 1 heterocycles. The van der Waals surface area contributed by atoms with Crippen LogP contribution in [0.25, 0.3) is 0 Å². The Labute approximate surface area is 91.3 Å². The summed E-state index contributed by atoms with van der Waals surface area (Å²) in [6.07, 6.45) is 1.80. The lowest BCUT2D eigenvalue weighted by molar-refractivity contribution is 0.190. The van der Waals surface area contributed by atoms with Crippen LogP contribution in [-0.2, 0) is 4.74 Å². The average molecular weight is 209 g/mol. The van der Waals surface area contributed by atoms with E-state index in [1.807, 2.05) is 31.1 Å². The van der Waals surface area contributed by atoms with Crippen molar-refractivity contribution in [1.29, 1.82) is 0 Å². The molecule has 15 heavy (non-hydrogen) atoms. The van der Waals surface area contributed by atoms with Crippen molar-refractivity contribution in [2.75, 3.05) is 38.0 Å². The highest BCUT2D eigenvalue weighted by molar-refractivity contribution is 5.53. The van der Waals surface area contributed by atoms with E-state index in [2.05, 4.69) is 17.2 Å². The fourth-order valence-corrected chi connectivity index (χ4v) is 1.32.